The largest absolute Gasteiger partial charge is 0.471 e. The maximum absolute atomic E-state index is 12.7. The predicted molar refractivity (Wildman–Crippen MR) is 126 cm³/mol. The number of carbonyl (C=O) groups is 2. The third-order valence-electron chi connectivity index (χ3n) is 5.21. The van der Waals surface area contributed by atoms with E-state index in [2.05, 4.69) is 10.6 Å². The van der Waals surface area contributed by atoms with Crippen molar-refractivity contribution in [3.63, 3.8) is 0 Å². The Balaban J connectivity index is 1.67. The number of benzene rings is 2. The summed E-state index contributed by atoms with van der Waals surface area (Å²) in [4.78, 5) is 26.6. The fourth-order valence-electron chi connectivity index (χ4n) is 3.43. The van der Waals surface area contributed by atoms with E-state index in [-0.39, 0.29) is 37.2 Å². The molecule has 3 rings (SSSR count). The van der Waals surface area contributed by atoms with E-state index in [4.69, 9.17) is 23.8 Å². The number of hydrogen-bond donors (Lipinski definition) is 2. The van der Waals surface area contributed by atoms with Crippen LogP contribution in [0.4, 0.5) is 24.5 Å². The van der Waals surface area contributed by atoms with Gasteiger partial charge in [-0.3, -0.25) is 14.9 Å². The average molecular weight is 499 g/mol. The summed E-state index contributed by atoms with van der Waals surface area (Å²) >= 11 is 11.4. The molecule has 2 amide bonds. The van der Waals surface area contributed by atoms with E-state index >= 15 is 0 Å². The molecule has 0 saturated carbocycles. The monoisotopic (exact) mass is 498 g/mol. The second kappa shape index (κ2) is 10.4. The van der Waals surface area contributed by atoms with Crippen LogP contribution in [0.25, 0.3) is 0 Å². The lowest BCUT2D eigenvalue weighted by Crippen LogP contribution is -2.52. The van der Waals surface area contributed by atoms with Gasteiger partial charge in [-0.2, -0.15) is 13.2 Å². The first-order valence-electron chi connectivity index (χ1n) is 10.2. The summed E-state index contributed by atoms with van der Waals surface area (Å²) in [6, 6.07) is 12.1. The van der Waals surface area contributed by atoms with Gasteiger partial charge in [-0.1, -0.05) is 30.7 Å². The van der Waals surface area contributed by atoms with E-state index in [0.29, 0.717) is 22.0 Å². The zero-order chi connectivity index (χ0) is 24.2. The molecule has 0 aromatic heterocycles. The van der Waals surface area contributed by atoms with Gasteiger partial charge in [0, 0.05) is 36.8 Å². The van der Waals surface area contributed by atoms with E-state index in [9.17, 15) is 22.8 Å². The van der Waals surface area contributed by atoms with E-state index in [0.717, 1.165) is 16.9 Å². The Kier molecular flexibility index (Phi) is 7.80. The molecule has 0 radical (unpaired) electrons. The van der Waals surface area contributed by atoms with E-state index in [1.54, 1.807) is 30.3 Å². The second-order valence-corrected chi connectivity index (χ2v) is 8.24. The van der Waals surface area contributed by atoms with Gasteiger partial charge in [-0.15, -0.1) is 0 Å². The first-order valence-corrected chi connectivity index (χ1v) is 11.0. The molecule has 2 aromatic carbocycles. The van der Waals surface area contributed by atoms with Crippen LogP contribution in [-0.4, -0.2) is 54.2 Å². The summed E-state index contributed by atoms with van der Waals surface area (Å²) in [5.41, 5.74) is 2.69. The third kappa shape index (κ3) is 6.35. The van der Waals surface area contributed by atoms with Crippen molar-refractivity contribution in [1.82, 2.24) is 10.2 Å². The lowest BCUT2D eigenvalue weighted by molar-refractivity contribution is -0.185. The Hall–Kier alpha value is -2.85. The fourth-order valence-corrected chi connectivity index (χ4v) is 3.81. The van der Waals surface area contributed by atoms with Crippen molar-refractivity contribution in [3.05, 3.63) is 58.6 Å². The van der Waals surface area contributed by atoms with Crippen molar-refractivity contribution >= 4 is 52.1 Å². The quantitative estimate of drug-likeness (QED) is 0.617. The molecule has 2 aromatic rings. The molecule has 1 heterocycles. The molecule has 1 aliphatic heterocycles. The van der Waals surface area contributed by atoms with Crippen molar-refractivity contribution in [2.45, 2.75) is 19.5 Å². The van der Waals surface area contributed by atoms with Crippen LogP contribution in [0.15, 0.2) is 42.5 Å². The molecule has 11 heteroatoms. The van der Waals surface area contributed by atoms with Crippen molar-refractivity contribution in [2.24, 2.45) is 0 Å². The molecule has 0 unspecified atom stereocenters. The summed E-state index contributed by atoms with van der Waals surface area (Å²) in [5.74, 6) is -2.22. The number of thiocarbonyl (C=S) groups is 1. The van der Waals surface area contributed by atoms with Crippen LogP contribution in [0.5, 0.6) is 0 Å². The molecule has 0 bridgehead atoms. The summed E-state index contributed by atoms with van der Waals surface area (Å²) < 4.78 is 38.1. The highest BCUT2D eigenvalue weighted by molar-refractivity contribution is 7.80. The molecule has 33 heavy (non-hydrogen) atoms. The van der Waals surface area contributed by atoms with Crippen LogP contribution in [0.1, 0.15) is 22.8 Å². The molecule has 2 N–H and O–H groups in total. The van der Waals surface area contributed by atoms with E-state index in [1.165, 1.54) is 0 Å². The van der Waals surface area contributed by atoms with Gasteiger partial charge in [0.25, 0.3) is 5.91 Å². The van der Waals surface area contributed by atoms with Crippen LogP contribution in [0.2, 0.25) is 5.02 Å². The normalized spacial score (nSPS) is 14.1. The standard InChI is InChI=1S/C22H22ClF3N4O2S/c1-2-14-3-5-15(6-4-14)19(31)28-21(33)27-17-13-16(23)7-8-18(17)29-9-11-30(12-10-29)20(32)22(24,25)26/h3-8,13H,2,9-12H2,1H3,(H2,27,28,31,33). The summed E-state index contributed by atoms with van der Waals surface area (Å²) in [6.45, 7) is 2.26. The number of aryl methyl sites for hydroxylation is 1. The van der Waals surface area contributed by atoms with Crippen LogP contribution >= 0.6 is 23.8 Å². The number of rotatable bonds is 4. The summed E-state index contributed by atoms with van der Waals surface area (Å²) in [5, 5.41) is 6.02. The average Bonchev–Trinajstić information content (AvgIpc) is 2.78. The zero-order valence-electron chi connectivity index (χ0n) is 17.7. The summed E-state index contributed by atoms with van der Waals surface area (Å²) in [6.07, 6.45) is -4.03. The van der Waals surface area contributed by atoms with E-state index in [1.807, 2.05) is 24.0 Å². The van der Waals surface area contributed by atoms with Crippen molar-refractivity contribution in [1.29, 1.82) is 0 Å². The molecule has 6 nitrogen and oxygen atoms in total. The molecule has 0 aliphatic carbocycles. The van der Waals surface area contributed by atoms with Gasteiger partial charge < -0.3 is 15.1 Å². The smallest absolute Gasteiger partial charge is 0.366 e. The molecule has 0 atom stereocenters. The maximum Gasteiger partial charge on any atom is 0.471 e. The number of piperazine rings is 1. The van der Waals surface area contributed by atoms with Crippen LogP contribution in [-0.2, 0) is 11.2 Å². The SMILES string of the molecule is CCc1ccc(C(=O)NC(=S)Nc2cc(Cl)ccc2N2CCN(C(=O)C(F)(F)F)CC2)cc1. The van der Waals surface area contributed by atoms with E-state index < -0.39 is 12.1 Å². The number of carbonyl (C=O) groups excluding carboxylic acids is 2. The lowest BCUT2D eigenvalue weighted by Gasteiger charge is -2.37. The van der Waals surface area contributed by atoms with Gasteiger partial charge in [-0.05, 0) is 54.5 Å². The van der Waals surface area contributed by atoms with Gasteiger partial charge in [-0.25, -0.2) is 0 Å². The second-order valence-electron chi connectivity index (χ2n) is 7.40. The zero-order valence-corrected chi connectivity index (χ0v) is 19.3. The minimum absolute atomic E-state index is 0.0500. The number of anilines is 2. The van der Waals surface area contributed by atoms with Crippen LogP contribution in [0.3, 0.4) is 0 Å². The first-order chi connectivity index (χ1) is 15.6. The van der Waals surface area contributed by atoms with Crippen molar-refractivity contribution in [2.75, 3.05) is 36.4 Å². The molecular formula is C22H22ClF3N4O2S. The van der Waals surface area contributed by atoms with Crippen LogP contribution in [0, 0.1) is 0 Å². The van der Waals surface area contributed by atoms with Gasteiger partial charge in [0.15, 0.2) is 5.11 Å². The van der Waals surface area contributed by atoms with Crippen molar-refractivity contribution < 1.29 is 22.8 Å². The number of nitrogens with zero attached hydrogens (tertiary/aromatic N) is 2. The highest BCUT2D eigenvalue weighted by atomic mass is 35.5. The third-order valence-corrected chi connectivity index (χ3v) is 5.65. The Morgan fingerprint density at radius 3 is 2.27 bits per heavy atom. The number of alkyl halides is 3. The Bertz CT molecular complexity index is 1040. The number of hydrogen-bond acceptors (Lipinski definition) is 4. The molecule has 1 saturated heterocycles. The molecule has 1 fully saturated rings. The van der Waals surface area contributed by atoms with Gasteiger partial charge >= 0.3 is 12.1 Å². The van der Waals surface area contributed by atoms with Gasteiger partial charge in [0.1, 0.15) is 0 Å². The number of amides is 2. The van der Waals surface area contributed by atoms with Gasteiger partial charge in [0.2, 0.25) is 0 Å². The minimum Gasteiger partial charge on any atom is -0.366 e. The van der Waals surface area contributed by atoms with Crippen LogP contribution < -0.4 is 15.5 Å². The highest BCUT2D eigenvalue weighted by Gasteiger charge is 2.43. The van der Waals surface area contributed by atoms with Gasteiger partial charge in [0.05, 0.1) is 11.4 Å². The Labute approximate surface area is 199 Å². The topological polar surface area (TPSA) is 64.7 Å². The molecule has 1 aliphatic rings. The number of nitrogens with one attached hydrogen (secondary N) is 2. The minimum atomic E-state index is -4.89. The first kappa shape index (κ1) is 24.8. The predicted octanol–water partition coefficient (Wildman–Crippen LogP) is 4.24. The van der Waals surface area contributed by atoms with Crippen molar-refractivity contribution in [3.8, 4) is 0 Å². The molecule has 0 spiro atoms. The molecule has 176 valence electrons. The highest BCUT2D eigenvalue weighted by Crippen LogP contribution is 2.30. The lowest BCUT2D eigenvalue weighted by atomic mass is 10.1. The Morgan fingerprint density at radius 1 is 1.06 bits per heavy atom. The number of halogens is 4. The molecular weight excluding hydrogens is 477 g/mol. The summed E-state index contributed by atoms with van der Waals surface area (Å²) in [7, 11) is 0. The fraction of sp³-hybridized carbons (Fsp3) is 0.318. The maximum atomic E-state index is 12.7. The Morgan fingerprint density at radius 2 is 1.70 bits per heavy atom.